The van der Waals surface area contributed by atoms with Gasteiger partial charge in [0.05, 0.1) is 0 Å². The van der Waals surface area contributed by atoms with Crippen LogP contribution in [0.15, 0.2) is 24.3 Å². The summed E-state index contributed by atoms with van der Waals surface area (Å²) >= 11 is 0. The highest BCUT2D eigenvalue weighted by molar-refractivity contribution is 5.33. The summed E-state index contributed by atoms with van der Waals surface area (Å²) in [5.41, 5.74) is 1.31. The summed E-state index contributed by atoms with van der Waals surface area (Å²) in [5.74, 6) is 1.05. The van der Waals surface area contributed by atoms with Gasteiger partial charge in [-0.1, -0.05) is 32.0 Å². The number of nitrogens with zero attached hydrogens (tertiary/aromatic N) is 1. The smallest absolute Gasteiger partial charge is 0.123 e. The molecule has 1 aliphatic heterocycles. The summed E-state index contributed by atoms with van der Waals surface area (Å²) in [6.45, 7) is 9.33. The van der Waals surface area contributed by atoms with Crippen molar-refractivity contribution >= 4 is 0 Å². The van der Waals surface area contributed by atoms with Gasteiger partial charge in [0.25, 0.3) is 0 Å². The summed E-state index contributed by atoms with van der Waals surface area (Å²) < 4.78 is 5.82. The maximum atomic E-state index is 5.82. The molecule has 0 aromatic heterocycles. The van der Waals surface area contributed by atoms with Crippen molar-refractivity contribution in [2.24, 2.45) is 0 Å². The predicted molar refractivity (Wildman–Crippen MR) is 75.0 cm³/mol. The highest BCUT2D eigenvalue weighted by atomic mass is 16.5. The first-order valence-electron chi connectivity index (χ1n) is 7.00. The molecule has 0 fully saturated rings. The SMILES string of the molecule is CCNCC(CC)N1CCOc2ccccc2C1. The molecule has 0 aliphatic carbocycles. The van der Waals surface area contributed by atoms with Crippen molar-refractivity contribution in [2.45, 2.75) is 32.9 Å². The molecule has 18 heavy (non-hydrogen) atoms. The van der Waals surface area contributed by atoms with Crippen LogP contribution in [-0.4, -0.2) is 37.2 Å². The maximum Gasteiger partial charge on any atom is 0.123 e. The van der Waals surface area contributed by atoms with Crippen molar-refractivity contribution in [1.29, 1.82) is 0 Å². The van der Waals surface area contributed by atoms with Gasteiger partial charge in [0.1, 0.15) is 12.4 Å². The van der Waals surface area contributed by atoms with Crippen LogP contribution in [0.4, 0.5) is 0 Å². The first-order chi connectivity index (χ1) is 8.85. The standard InChI is InChI=1S/C15H24N2O/c1-3-14(11-16-4-2)17-9-10-18-15-8-6-5-7-13(15)12-17/h5-8,14,16H,3-4,9-12H2,1-2H3. The average Bonchev–Trinajstić information content (AvgIpc) is 2.62. The summed E-state index contributed by atoms with van der Waals surface area (Å²) in [6, 6.07) is 8.98. The van der Waals surface area contributed by atoms with E-state index in [1.54, 1.807) is 0 Å². The van der Waals surface area contributed by atoms with Crippen LogP contribution in [0.25, 0.3) is 0 Å². The Hall–Kier alpha value is -1.06. The Balaban J connectivity index is 2.06. The molecule has 2 rings (SSSR count). The molecule has 0 bridgehead atoms. The maximum absolute atomic E-state index is 5.82. The van der Waals surface area contributed by atoms with Crippen molar-refractivity contribution in [2.75, 3.05) is 26.2 Å². The first kappa shape index (κ1) is 13.4. The van der Waals surface area contributed by atoms with E-state index in [-0.39, 0.29) is 0 Å². The van der Waals surface area contributed by atoms with Crippen molar-refractivity contribution < 1.29 is 4.74 Å². The lowest BCUT2D eigenvalue weighted by Gasteiger charge is -2.29. The second-order valence-electron chi connectivity index (χ2n) is 4.80. The van der Waals surface area contributed by atoms with E-state index in [1.807, 2.05) is 6.07 Å². The molecule has 1 N–H and O–H groups in total. The summed E-state index contributed by atoms with van der Waals surface area (Å²) in [4.78, 5) is 2.54. The molecule has 3 nitrogen and oxygen atoms in total. The van der Waals surface area contributed by atoms with Crippen LogP contribution in [0.5, 0.6) is 5.75 Å². The normalized spacial score (nSPS) is 17.7. The molecular formula is C15H24N2O. The topological polar surface area (TPSA) is 24.5 Å². The fourth-order valence-electron chi connectivity index (χ4n) is 2.50. The number of benzene rings is 1. The third-order valence-electron chi connectivity index (χ3n) is 3.60. The zero-order valence-corrected chi connectivity index (χ0v) is 11.5. The van der Waals surface area contributed by atoms with Crippen LogP contribution in [0.2, 0.25) is 0 Å². The zero-order chi connectivity index (χ0) is 12.8. The van der Waals surface area contributed by atoms with Crippen LogP contribution in [0.3, 0.4) is 0 Å². The number of rotatable bonds is 5. The monoisotopic (exact) mass is 248 g/mol. The molecule has 1 aliphatic rings. The van der Waals surface area contributed by atoms with Crippen molar-refractivity contribution in [3.63, 3.8) is 0 Å². The fourth-order valence-corrected chi connectivity index (χ4v) is 2.50. The van der Waals surface area contributed by atoms with Crippen LogP contribution in [0, 0.1) is 0 Å². The quantitative estimate of drug-likeness (QED) is 0.865. The van der Waals surface area contributed by atoms with E-state index >= 15 is 0 Å². The molecule has 1 unspecified atom stereocenters. The van der Waals surface area contributed by atoms with E-state index in [9.17, 15) is 0 Å². The van der Waals surface area contributed by atoms with Crippen molar-refractivity contribution in [3.05, 3.63) is 29.8 Å². The lowest BCUT2D eigenvalue weighted by atomic mass is 10.1. The molecule has 0 amide bonds. The molecule has 3 heteroatoms. The van der Waals surface area contributed by atoms with Gasteiger partial charge in [-0.05, 0) is 19.0 Å². The number of hydrogen-bond acceptors (Lipinski definition) is 3. The zero-order valence-electron chi connectivity index (χ0n) is 11.5. The van der Waals surface area contributed by atoms with Gasteiger partial charge in [-0.2, -0.15) is 0 Å². The summed E-state index contributed by atoms with van der Waals surface area (Å²) in [7, 11) is 0. The first-order valence-corrected chi connectivity index (χ1v) is 7.00. The van der Waals surface area contributed by atoms with Gasteiger partial charge in [-0.3, -0.25) is 4.90 Å². The number of ether oxygens (including phenoxy) is 1. The van der Waals surface area contributed by atoms with E-state index in [0.717, 1.165) is 38.5 Å². The lowest BCUT2D eigenvalue weighted by Crippen LogP contribution is -2.42. The minimum atomic E-state index is 0.597. The Labute approximate surface area is 110 Å². The van der Waals surface area contributed by atoms with Crippen LogP contribution >= 0.6 is 0 Å². The largest absolute Gasteiger partial charge is 0.492 e. The second-order valence-corrected chi connectivity index (χ2v) is 4.80. The van der Waals surface area contributed by atoms with Gasteiger partial charge in [-0.15, -0.1) is 0 Å². The summed E-state index contributed by atoms with van der Waals surface area (Å²) in [5, 5.41) is 3.46. The number of para-hydroxylation sites is 1. The molecule has 0 saturated carbocycles. The second kappa shape index (κ2) is 6.76. The summed E-state index contributed by atoms with van der Waals surface area (Å²) in [6.07, 6.45) is 1.18. The van der Waals surface area contributed by atoms with Crippen molar-refractivity contribution in [3.8, 4) is 5.75 Å². The predicted octanol–water partition coefficient (Wildman–Crippen LogP) is 2.27. The fraction of sp³-hybridized carbons (Fsp3) is 0.600. The van der Waals surface area contributed by atoms with E-state index in [2.05, 4.69) is 42.3 Å². The number of likely N-dealkylation sites (N-methyl/N-ethyl adjacent to an activating group) is 1. The van der Waals surface area contributed by atoms with Gasteiger partial charge in [0.15, 0.2) is 0 Å². The van der Waals surface area contributed by atoms with Gasteiger partial charge in [-0.25, -0.2) is 0 Å². The molecule has 0 saturated heterocycles. The molecule has 1 atom stereocenters. The Morgan fingerprint density at radius 2 is 2.17 bits per heavy atom. The van der Waals surface area contributed by atoms with Crippen LogP contribution in [-0.2, 0) is 6.54 Å². The lowest BCUT2D eigenvalue weighted by molar-refractivity contribution is 0.162. The van der Waals surface area contributed by atoms with Gasteiger partial charge < -0.3 is 10.1 Å². The number of hydrogen-bond donors (Lipinski definition) is 1. The third kappa shape index (κ3) is 3.24. The number of fused-ring (bicyclic) bond motifs is 1. The Morgan fingerprint density at radius 1 is 1.33 bits per heavy atom. The average molecular weight is 248 g/mol. The third-order valence-corrected chi connectivity index (χ3v) is 3.60. The molecule has 1 heterocycles. The molecule has 0 spiro atoms. The van der Waals surface area contributed by atoms with E-state index in [1.165, 1.54) is 12.0 Å². The van der Waals surface area contributed by atoms with Gasteiger partial charge >= 0.3 is 0 Å². The van der Waals surface area contributed by atoms with Crippen LogP contribution in [0.1, 0.15) is 25.8 Å². The Kier molecular flexibility index (Phi) is 5.02. The molecule has 1 aromatic rings. The molecule has 0 radical (unpaired) electrons. The van der Waals surface area contributed by atoms with Crippen molar-refractivity contribution in [1.82, 2.24) is 10.2 Å². The highest BCUT2D eigenvalue weighted by Crippen LogP contribution is 2.23. The Morgan fingerprint density at radius 3 is 2.94 bits per heavy atom. The molecular weight excluding hydrogens is 224 g/mol. The van der Waals surface area contributed by atoms with Gasteiger partial charge in [0, 0.05) is 31.2 Å². The molecule has 100 valence electrons. The minimum Gasteiger partial charge on any atom is -0.492 e. The van der Waals surface area contributed by atoms with E-state index in [4.69, 9.17) is 4.74 Å². The number of nitrogens with one attached hydrogen (secondary N) is 1. The Bertz CT molecular complexity index is 367. The highest BCUT2D eigenvalue weighted by Gasteiger charge is 2.20. The van der Waals surface area contributed by atoms with Crippen LogP contribution < -0.4 is 10.1 Å². The van der Waals surface area contributed by atoms with E-state index in [0.29, 0.717) is 6.04 Å². The minimum absolute atomic E-state index is 0.597. The van der Waals surface area contributed by atoms with E-state index < -0.39 is 0 Å². The van der Waals surface area contributed by atoms with Gasteiger partial charge in [0.2, 0.25) is 0 Å². The molecule has 1 aromatic carbocycles.